The van der Waals surface area contributed by atoms with Crippen LogP contribution in [-0.2, 0) is 13.2 Å². The highest BCUT2D eigenvalue weighted by molar-refractivity contribution is 6.42. The maximum absolute atomic E-state index is 13.0. The van der Waals surface area contributed by atoms with E-state index in [2.05, 4.69) is 5.10 Å². The Labute approximate surface area is 153 Å². The highest BCUT2D eigenvalue weighted by Gasteiger charge is 2.13. The standard InChI is InChI=1S/C17H14Cl2FN3O2/c1-22(9-12-3-2-4-14(18)15(12)19)10-23-17(24)25-16(21-23)11-5-7-13(20)8-6-11/h2-8H,9-10H2,1H3. The Hall–Kier alpha value is -2.15. The lowest BCUT2D eigenvalue weighted by atomic mass is 10.2. The first-order chi connectivity index (χ1) is 11.9. The third kappa shape index (κ3) is 4.10. The molecule has 3 aromatic rings. The van der Waals surface area contributed by atoms with Gasteiger partial charge < -0.3 is 4.42 Å². The Morgan fingerprint density at radius 2 is 1.92 bits per heavy atom. The average Bonchev–Trinajstić information content (AvgIpc) is 2.93. The van der Waals surface area contributed by atoms with Crippen LogP contribution in [0.2, 0.25) is 10.0 Å². The minimum Gasteiger partial charge on any atom is -0.388 e. The number of nitrogens with zero attached hydrogens (tertiary/aromatic N) is 3. The molecule has 0 radical (unpaired) electrons. The molecule has 8 heteroatoms. The first-order valence-corrected chi connectivity index (χ1v) is 8.15. The van der Waals surface area contributed by atoms with Gasteiger partial charge in [0.1, 0.15) is 12.5 Å². The van der Waals surface area contributed by atoms with Crippen LogP contribution in [0.4, 0.5) is 4.39 Å². The van der Waals surface area contributed by atoms with Gasteiger partial charge in [-0.15, -0.1) is 5.10 Å². The van der Waals surface area contributed by atoms with Gasteiger partial charge in [-0.3, -0.25) is 4.90 Å². The summed E-state index contributed by atoms with van der Waals surface area (Å²) >= 11 is 12.2. The van der Waals surface area contributed by atoms with Crippen LogP contribution >= 0.6 is 23.2 Å². The summed E-state index contributed by atoms with van der Waals surface area (Å²) in [6.45, 7) is 0.678. The maximum Gasteiger partial charge on any atom is 0.438 e. The Kier molecular flexibility index (Phi) is 5.22. The number of hydrogen-bond acceptors (Lipinski definition) is 4. The summed E-state index contributed by atoms with van der Waals surface area (Å²) < 4.78 is 19.3. The molecule has 0 spiro atoms. The van der Waals surface area contributed by atoms with Crippen LogP contribution in [0.15, 0.2) is 51.7 Å². The summed E-state index contributed by atoms with van der Waals surface area (Å²) in [4.78, 5) is 13.8. The van der Waals surface area contributed by atoms with Crippen molar-refractivity contribution in [3.63, 3.8) is 0 Å². The van der Waals surface area contributed by atoms with E-state index < -0.39 is 5.76 Å². The topological polar surface area (TPSA) is 51.3 Å². The molecule has 0 aliphatic rings. The monoisotopic (exact) mass is 381 g/mol. The number of halogens is 3. The highest BCUT2D eigenvalue weighted by atomic mass is 35.5. The predicted octanol–water partition coefficient (Wildman–Crippen LogP) is 4.04. The van der Waals surface area contributed by atoms with Crippen molar-refractivity contribution in [3.05, 3.63) is 74.4 Å². The zero-order valence-corrected chi connectivity index (χ0v) is 14.8. The molecule has 0 N–H and O–H groups in total. The van der Waals surface area contributed by atoms with Crippen LogP contribution < -0.4 is 5.76 Å². The van der Waals surface area contributed by atoms with Crippen molar-refractivity contribution >= 4 is 23.2 Å². The lowest BCUT2D eigenvalue weighted by Gasteiger charge is -2.16. The van der Waals surface area contributed by atoms with Crippen molar-refractivity contribution in [1.82, 2.24) is 14.7 Å². The third-order valence-corrected chi connectivity index (χ3v) is 4.40. The highest BCUT2D eigenvalue weighted by Crippen LogP contribution is 2.26. The molecule has 130 valence electrons. The minimum atomic E-state index is -0.594. The van der Waals surface area contributed by atoms with Crippen LogP contribution in [-0.4, -0.2) is 21.7 Å². The molecule has 0 saturated heterocycles. The molecule has 0 unspecified atom stereocenters. The van der Waals surface area contributed by atoms with Crippen molar-refractivity contribution in [2.45, 2.75) is 13.2 Å². The molecule has 0 amide bonds. The second kappa shape index (κ2) is 7.39. The second-order valence-corrected chi connectivity index (χ2v) is 6.33. The molecular weight excluding hydrogens is 368 g/mol. The summed E-state index contributed by atoms with van der Waals surface area (Å²) in [6.07, 6.45) is 0. The molecule has 5 nitrogen and oxygen atoms in total. The van der Waals surface area contributed by atoms with Crippen LogP contribution in [0, 0.1) is 5.82 Å². The molecule has 0 atom stereocenters. The van der Waals surface area contributed by atoms with Crippen LogP contribution in [0.25, 0.3) is 11.5 Å². The fourth-order valence-corrected chi connectivity index (χ4v) is 2.72. The SMILES string of the molecule is CN(Cc1cccc(Cl)c1Cl)Cn1nc(-c2ccc(F)cc2)oc1=O. The Balaban J connectivity index is 1.75. The summed E-state index contributed by atoms with van der Waals surface area (Å²) in [5, 5.41) is 5.10. The third-order valence-electron chi connectivity index (χ3n) is 3.54. The van der Waals surface area contributed by atoms with Crippen molar-refractivity contribution in [2.75, 3.05) is 7.05 Å². The van der Waals surface area contributed by atoms with Gasteiger partial charge in [0.15, 0.2) is 0 Å². The Morgan fingerprint density at radius 1 is 1.20 bits per heavy atom. The molecule has 2 aromatic carbocycles. The van der Waals surface area contributed by atoms with Crippen LogP contribution in [0.3, 0.4) is 0 Å². The molecule has 0 fully saturated rings. The van der Waals surface area contributed by atoms with Gasteiger partial charge in [0.05, 0.1) is 10.0 Å². The van der Waals surface area contributed by atoms with Gasteiger partial charge in [0.2, 0.25) is 5.89 Å². The molecule has 0 bridgehead atoms. The first-order valence-electron chi connectivity index (χ1n) is 7.39. The van der Waals surface area contributed by atoms with Gasteiger partial charge in [0.25, 0.3) is 0 Å². The Bertz CT molecular complexity index is 938. The van der Waals surface area contributed by atoms with Gasteiger partial charge in [-0.05, 0) is 42.9 Å². The molecule has 0 aliphatic heterocycles. The number of benzene rings is 2. The number of rotatable bonds is 5. The quantitative estimate of drug-likeness (QED) is 0.669. The van der Waals surface area contributed by atoms with Crippen molar-refractivity contribution < 1.29 is 8.81 Å². The summed E-state index contributed by atoms with van der Waals surface area (Å²) in [7, 11) is 1.82. The van der Waals surface area contributed by atoms with E-state index in [0.717, 1.165) is 5.56 Å². The minimum absolute atomic E-state index is 0.138. The van der Waals surface area contributed by atoms with Gasteiger partial charge >= 0.3 is 5.76 Å². The zero-order valence-electron chi connectivity index (χ0n) is 13.2. The maximum atomic E-state index is 13.0. The summed E-state index contributed by atoms with van der Waals surface area (Å²) in [5.74, 6) is -0.828. The molecule has 1 heterocycles. The molecule has 0 saturated carbocycles. The second-order valence-electron chi connectivity index (χ2n) is 5.55. The predicted molar refractivity (Wildman–Crippen MR) is 94.1 cm³/mol. The fraction of sp³-hybridized carbons (Fsp3) is 0.176. The lowest BCUT2D eigenvalue weighted by molar-refractivity contribution is 0.237. The summed E-state index contributed by atoms with van der Waals surface area (Å²) in [6, 6.07) is 10.9. The largest absolute Gasteiger partial charge is 0.438 e. The molecule has 1 aromatic heterocycles. The van der Waals surface area contributed by atoms with Gasteiger partial charge in [-0.25, -0.2) is 9.18 Å². The van der Waals surface area contributed by atoms with Crippen molar-refractivity contribution in [3.8, 4) is 11.5 Å². The van der Waals surface area contributed by atoms with E-state index in [9.17, 15) is 9.18 Å². The van der Waals surface area contributed by atoms with E-state index in [1.54, 1.807) is 6.07 Å². The lowest BCUT2D eigenvalue weighted by Crippen LogP contribution is -2.28. The van der Waals surface area contributed by atoms with Crippen molar-refractivity contribution in [1.29, 1.82) is 0 Å². The van der Waals surface area contributed by atoms with Crippen molar-refractivity contribution in [2.24, 2.45) is 0 Å². The van der Waals surface area contributed by atoms with E-state index in [0.29, 0.717) is 22.2 Å². The molecule has 3 rings (SSSR count). The van der Waals surface area contributed by atoms with Gasteiger partial charge in [-0.2, -0.15) is 4.68 Å². The van der Waals surface area contributed by atoms with Crippen LogP contribution in [0.1, 0.15) is 5.56 Å². The molecule has 25 heavy (non-hydrogen) atoms. The van der Waals surface area contributed by atoms with E-state index in [1.807, 2.05) is 24.1 Å². The van der Waals surface area contributed by atoms with E-state index >= 15 is 0 Å². The molecular formula is C17H14Cl2FN3O2. The first kappa shape index (κ1) is 17.7. The molecule has 0 aliphatic carbocycles. The zero-order chi connectivity index (χ0) is 18.0. The fourth-order valence-electron chi connectivity index (χ4n) is 2.34. The van der Waals surface area contributed by atoms with E-state index in [1.165, 1.54) is 28.9 Å². The average molecular weight is 382 g/mol. The number of aromatic nitrogens is 2. The smallest absolute Gasteiger partial charge is 0.388 e. The van der Waals surface area contributed by atoms with E-state index in [4.69, 9.17) is 27.6 Å². The summed E-state index contributed by atoms with van der Waals surface area (Å²) in [5.41, 5.74) is 1.37. The van der Waals surface area contributed by atoms with Gasteiger partial charge in [-0.1, -0.05) is 35.3 Å². The van der Waals surface area contributed by atoms with Crippen LogP contribution in [0.5, 0.6) is 0 Å². The number of hydrogen-bond donors (Lipinski definition) is 0. The van der Waals surface area contributed by atoms with Gasteiger partial charge in [0, 0.05) is 12.1 Å². The van der Waals surface area contributed by atoms with E-state index in [-0.39, 0.29) is 18.4 Å². The normalized spacial score (nSPS) is 11.2. The Morgan fingerprint density at radius 3 is 2.64 bits per heavy atom.